The molecule has 236 valence electrons. The van der Waals surface area contributed by atoms with Crippen LogP contribution in [-0.4, -0.2) is 15.1 Å². The molecule has 0 saturated carbocycles. The van der Waals surface area contributed by atoms with Crippen LogP contribution >= 0.6 is 0 Å². The van der Waals surface area contributed by atoms with Crippen LogP contribution < -0.4 is 4.74 Å². The maximum Gasteiger partial charge on any atom is 0.219 e. The number of phenols is 1. The zero-order chi connectivity index (χ0) is 33.2. The molecule has 0 saturated heterocycles. The van der Waals surface area contributed by atoms with Gasteiger partial charge in [-0.3, -0.25) is 0 Å². The van der Waals surface area contributed by atoms with E-state index in [0.717, 1.165) is 56.8 Å². The molecule has 0 aliphatic rings. The van der Waals surface area contributed by atoms with Crippen molar-refractivity contribution in [3.8, 4) is 51.0 Å². The summed E-state index contributed by atoms with van der Waals surface area (Å²) in [4.78, 5) is 9.67. The standard InChI is InChI=1S/C43H42N2O2/c1-42(2,3)34-27-36(41(46)37(28-34)43(4,5)6)39-26-33(31-16-11-8-12-17-31)25-38(45-39)32-18-13-19-35(24-32)47-40-23-30(20-21-44-40)22-29-14-9-7-10-15-29/h7-21,23-28,46H,22H2,1-6H3. The first-order chi connectivity index (χ1) is 22.4. The highest BCUT2D eigenvalue weighted by molar-refractivity contribution is 5.80. The molecule has 47 heavy (non-hydrogen) atoms. The van der Waals surface area contributed by atoms with E-state index in [1.165, 1.54) is 5.56 Å². The lowest BCUT2D eigenvalue weighted by Gasteiger charge is -2.27. The van der Waals surface area contributed by atoms with Gasteiger partial charge in [-0.1, -0.05) is 120 Å². The van der Waals surface area contributed by atoms with E-state index in [4.69, 9.17) is 9.72 Å². The van der Waals surface area contributed by atoms with Crippen molar-refractivity contribution in [3.05, 3.63) is 150 Å². The number of pyridine rings is 2. The summed E-state index contributed by atoms with van der Waals surface area (Å²) in [6.07, 6.45) is 2.59. The van der Waals surface area contributed by atoms with Crippen molar-refractivity contribution >= 4 is 0 Å². The Hall–Kier alpha value is -5.22. The third-order valence-electron chi connectivity index (χ3n) is 8.39. The van der Waals surface area contributed by atoms with E-state index in [2.05, 4.69) is 107 Å². The fraction of sp³-hybridized carbons (Fsp3) is 0.209. The van der Waals surface area contributed by atoms with Gasteiger partial charge >= 0.3 is 0 Å². The maximum atomic E-state index is 11.7. The van der Waals surface area contributed by atoms with E-state index in [-0.39, 0.29) is 16.6 Å². The zero-order valence-electron chi connectivity index (χ0n) is 28.1. The molecule has 0 spiro atoms. The van der Waals surface area contributed by atoms with E-state index in [1.807, 2.05) is 60.7 Å². The summed E-state index contributed by atoms with van der Waals surface area (Å²) in [6.45, 7) is 13.0. The van der Waals surface area contributed by atoms with E-state index in [0.29, 0.717) is 11.6 Å². The fourth-order valence-electron chi connectivity index (χ4n) is 5.74. The number of aromatic nitrogens is 2. The summed E-state index contributed by atoms with van der Waals surface area (Å²) in [5.74, 6) is 1.49. The van der Waals surface area contributed by atoms with Crippen molar-refractivity contribution in [2.75, 3.05) is 0 Å². The van der Waals surface area contributed by atoms with Crippen molar-refractivity contribution in [1.82, 2.24) is 9.97 Å². The maximum absolute atomic E-state index is 11.7. The largest absolute Gasteiger partial charge is 0.507 e. The minimum Gasteiger partial charge on any atom is -0.507 e. The van der Waals surface area contributed by atoms with Gasteiger partial charge in [0.25, 0.3) is 0 Å². The summed E-state index contributed by atoms with van der Waals surface area (Å²) in [5.41, 5.74) is 9.30. The molecule has 0 aliphatic carbocycles. The van der Waals surface area contributed by atoms with E-state index >= 15 is 0 Å². The van der Waals surface area contributed by atoms with Crippen LogP contribution in [0.3, 0.4) is 0 Å². The molecule has 4 heteroatoms. The van der Waals surface area contributed by atoms with Gasteiger partial charge in [-0.15, -0.1) is 0 Å². The number of benzene rings is 4. The number of nitrogens with zero attached hydrogens (tertiary/aromatic N) is 2. The second-order valence-electron chi connectivity index (χ2n) is 14.2. The van der Waals surface area contributed by atoms with Crippen LogP contribution in [0.2, 0.25) is 0 Å². The van der Waals surface area contributed by atoms with Gasteiger partial charge in [0.2, 0.25) is 5.88 Å². The number of aromatic hydroxyl groups is 1. The second kappa shape index (κ2) is 12.9. The van der Waals surface area contributed by atoms with E-state index in [9.17, 15) is 5.11 Å². The van der Waals surface area contributed by atoms with Crippen LogP contribution in [0.25, 0.3) is 33.6 Å². The molecule has 1 N–H and O–H groups in total. The average Bonchev–Trinajstić information content (AvgIpc) is 3.05. The van der Waals surface area contributed by atoms with Crippen molar-refractivity contribution in [2.45, 2.75) is 58.8 Å². The number of phenolic OH excluding ortho intramolecular Hbond substituents is 1. The molecule has 6 aromatic rings. The molecule has 4 nitrogen and oxygen atoms in total. The normalized spacial score (nSPS) is 11.8. The monoisotopic (exact) mass is 618 g/mol. The average molecular weight is 619 g/mol. The van der Waals surface area contributed by atoms with Gasteiger partial charge in [0.05, 0.1) is 11.4 Å². The molecule has 4 aromatic carbocycles. The Balaban J connectivity index is 1.43. The quantitative estimate of drug-likeness (QED) is 0.193. The van der Waals surface area contributed by atoms with Gasteiger partial charge in [-0.05, 0) is 81.5 Å². The van der Waals surface area contributed by atoms with Gasteiger partial charge < -0.3 is 9.84 Å². The number of hydrogen-bond donors (Lipinski definition) is 1. The third-order valence-corrected chi connectivity index (χ3v) is 8.39. The highest BCUT2D eigenvalue weighted by Crippen LogP contribution is 2.43. The Kier molecular flexibility index (Phi) is 8.70. The van der Waals surface area contributed by atoms with Crippen LogP contribution in [0.5, 0.6) is 17.4 Å². The van der Waals surface area contributed by atoms with Crippen LogP contribution in [0.15, 0.2) is 128 Å². The lowest BCUT2D eigenvalue weighted by Crippen LogP contribution is -2.17. The van der Waals surface area contributed by atoms with Gasteiger partial charge in [0.15, 0.2) is 0 Å². The first-order valence-electron chi connectivity index (χ1n) is 16.2. The van der Waals surface area contributed by atoms with Gasteiger partial charge in [-0.2, -0.15) is 0 Å². The molecule has 0 unspecified atom stereocenters. The predicted molar refractivity (Wildman–Crippen MR) is 193 cm³/mol. The lowest BCUT2D eigenvalue weighted by molar-refractivity contribution is 0.446. The Morgan fingerprint density at radius 1 is 0.596 bits per heavy atom. The molecule has 2 aromatic heterocycles. The number of rotatable bonds is 7. The zero-order valence-corrected chi connectivity index (χ0v) is 28.1. The summed E-state index contributed by atoms with van der Waals surface area (Å²) >= 11 is 0. The highest BCUT2D eigenvalue weighted by Gasteiger charge is 2.26. The Morgan fingerprint density at radius 2 is 1.28 bits per heavy atom. The molecular formula is C43H42N2O2. The minimum absolute atomic E-state index is 0.111. The van der Waals surface area contributed by atoms with Gasteiger partial charge in [0.1, 0.15) is 11.5 Å². The molecule has 6 rings (SSSR count). The number of hydrogen-bond acceptors (Lipinski definition) is 4. The van der Waals surface area contributed by atoms with Crippen LogP contribution in [0.4, 0.5) is 0 Å². The van der Waals surface area contributed by atoms with Gasteiger partial charge in [0, 0.05) is 29.0 Å². The SMILES string of the molecule is CC(C)(C)c1cc(-c2cc(-c3ccccc3)cc(-c3cccc(Oc4cc(Cc5ccccc5)ccn4)c3)n2)c(O)c(C(C)(C)C)c1. The fourth-order valence-corrected chi connectivity index (χ4v) is 5.74. The van der Waals surface area contributed by atoms with Crippen molar-refractivity contribution in [3.63, 3.8) is 0 Å². The van der Waals surface area contributed by atoms with Crippen molar-refractivity contribution in [1.29, 1.82) is 0 Å². The Bertz CT molecular complexity index is 2000. The molecule has 0 aliphatic heterocycles. The number of ether oxygens (including phenoxy) is 1. The molecule has 0 radical (unpaired) electrons. The highest BCUT2D eigenvalue weighted by atomic mass is 16.5. The predicted octanol–water partition coefficient (Wildman–Crippen LogP) is 11.2. The summed E-state index contributed by atoms with van der Waals surface area (Å²) in [5, 5.41) is 11.7. The minimum atomic E-state index is -0.252. The second-order valence-corrected chi connectivity index (χ2v) is 14.2. The first kappa shape index (κ1) is 31.7. The van der Waals surface area contributed by atoms with Crippen LogP contribution in [0.1, 0.15) is 63.8 Å². The molecule has 0 atom stereocenters. The molecule has 2 heterocycles. The van der Waals surface area contributed by atoms with Gasteiger partial charge in [-0.25, -0.2) is 9.97 Å². The molecule has 0 amide bonds. The van der Waals surface area contributed by atoms with Crippen LogP contribution in [-0.2, 0) is 17.3 Å². The molecule has 0 fully saturated rings. The lowest BCUT2D eigenvalue weighted by atomic mass is 9.78. The summed E-state index contributed by atoms with van der Waals surface area (Å²) in [7, 11) is 0. The molecular weight excluding hydrogens is 576 g/mol. The first-order valence-corrected chi connectivity index (χ1v) is 16.2. The Labute approximate surface area is 278 Å². The van der Waals surface area contributed by atoms with E-state index < -0.39 is 0 Å². The molecule has 0 bridgehead atoms. The smallest absolute Gasteiger partial charge is 0.219 e. The topological polar surface area (TPSA) is 55.2 Å². The third kappa shape index (κ3) is 7.44. The Morgan fingerprint density at radius 3 is 1.98 bits per heavy atom. The van der Waals surface area contributed by atoms with Crippen LogP contribution in [0, 0.1) is 0 Å². The summed E-state index contributed by atoms with van der Waals surface area (Å²) < 4.78 is 6.30. The summed E-state index contributed by atoms with van der Waals surface area (Å²) in [6, 6.07) is 41.1. The van der Waals surface area contributed by atoms with Crippen molar-refractivity contribution < 1.29 is 9.84 Å². The van der Waals surface area contributed by atoms with Crippen molar-refractivity contribution in [2.24, 2.45) is 0 Å². The van der Waals surface area contributed by atoms with E-state index in [1.54, 1.807) is 6.20 Å².